The van der Waals surface area contributed by atoms with E-state index < -0.39 is 23.2 Å². The van der Waals surface area contributed by atoms with Crippen LogP contribution in [0.1, 0.15) is 194 Å². The molecule has 0 bridgehead atoms. The molecular formula is C34H76N2O8S. The average molecular weight is 673 g/mol. The van der Waals surface area contributed by atoms with Crippen LogP contribution >= 0.6 is 0 Å². The summed E-state index contributed by atoms with van der Waals surface area (Å²) in [6.07, 6.45) is 35.7. The van der Waals surface area contributed by atoms with Gasteiger partial charge in [-0.15, -0.1) is 0 Å². The van der Waals surface area contributed by atoms with Gasteiger partial charge in [-0.1, -0.05) is 168 Å². The molecule has 0 aromatic carbocycles. The number of aliphatic hydroxyl groups is 4. The molecule has 0 amide bonds. The molecule has 0 aromatic heterocycles. The van der Waals surface area contributed by atoms with Crippen LogP contribution in [0.25, 0.3) is 0 Å². The Balaban J connectivity index is -0.000000680. The van der Waals surface area contributed by atoms with E-state index in [0.29, 0.717) is 0 Å². The zero-order chi connectivity index (χ0) is 34.3. The van der Waals surface area contributed by atoms with Crippen LogP contribution in [0.2, 0.25) is 0 Å². The molecule has 10 nitrogen and oxygen atoms in total. The summed E-state index contributed by atoms with van der Waals surface area (Å²) in [6, 6.07) is 0. The van der Waals surface area contributed by atoms with E-state index in [1.54, 1.807) is 10.6 Å². The lowest BCUT2D eigenvalue weighted by Crippen LogP contribution is -2.90. The van der Waals surface area contributed by atoms with Crippen molar-refractivity contribution in [3.63, 3.8) is 0 Å². The minimum atomic E-state index is -5.17. The van der Waals surface area contributed by atoms with E-state index >= 15 is 0 Å². The first kappa shape index (κ1) is 49.0. The van der Waals surface area contributed by atoms with Crippen LogP contribution in [0.15, 0.2) is 0 Å². The van der Waals surface area contributed by atoms with E-state index in [-0.39, 0.29) is 0 Å². The Kier molecular flexibility index (Phi) is 45.4. The first-order valence-electron chi connectivity index (χ1n) is 18.6. The Bertz CT molecular complexity index is 579. The van der Waals surface area contributed by atoms with Crippen molar-refractivity contribution in [2.24, 2.45) is 0 Å². The predicted octanol–water partition coefficient (Wildman–Crippen LogP) is 5.26. The van der Waals surface area contributed by atoms with Gasteiger partial charge in [-0.3, -0.25) is 19.1 Å². The van der Waals surface area contributed by atoms with Crippen LogP contribution in [0.5, 0.6) is 0 Å². The van der Waals surface area contributed by atoms with E-state index in [0.717, 1.165) is 25.9 Å². The molecule has 0 saturated heterocycles. The molecule has 0 radical (unpaired) electrons. The summed E-state index contributed by atoms with van der Waals surface area (Å²) in [6.45, 7) is 6.20. The van der Waals surface area contributed by atoms with Crippen molar-refractivity contribution in [3.05, 3.63) is 0 Å². The maximum atomic E-state index is 8.66. The maximum Gasteiger partial charge on any atom is 0.300 e. The fourth-order valence-corrected chi connectivity index (χ4v) is 5.21. The maximum absolute atomic E-state index is 8.66. The van der Waals surface area contributed by atoms with Crippen LogP contribution in [-0.2, 0) is 10.4 Å². The monoisotopic (exact) mass is 673 g/mol. The van der Waals surface area contributed by atoms with Gasteiger partial charge in [0.15, 0.2) is 0 Å². The van der Waals surface area contributed by atoms with Crippen LogP contribution in [0.4, 0.5) is 0 Å². The second-order valence-corrected chi connectivity index (χ2v) is 13.3. The molecule has 0 rings (SSSR count). The molecule has 0 fully saturated rings. The van der Waals surface area contributed by atoms with Crippen molar-refractivity contribution >= 4 is 10.4 Å². The highest BCUT2D eigenvalue weighted by molar-refractivity contribution is 7.79. The zero-order valence-electron chi connectivity index (χ0n) is 29.4. The summed E-state index contributed by atoms with van der Waals surface area (Å²) < 4.78 is 34.1. The first-order valence-corrected chi connectivity index (χ1v) is 19.9. The van der Waals surface area contributed by atoms with Crippen molar-refractivity contribution in [1.82, 2.24) is 0 Å². The zero-order valence-corrected chi connectivity index (χ0v) is 30.2. The largest absolute Gasteiger partial charge is 0.759 e. The standard InChI is InChI=1S/2C17H37NO2.H2O4S/c2*1-2-3-4-5-6-7-8-9-10-11-12-13-14-15-16-18-17(19)20;1-5(2,3)4/h2*17-20H,2-16H2,1H3;(H2,1,2,3,4). The summed E-state index contributed by atoms with van der Waals surface area (Å²) in [5.41, 5.74) is 0. The lowest BCUT2D eigenvalue weighted by molar-refractivity contribution is -0.762. The molecule has 0 heterocycles. The van der Waals surface area contributed by atoms with Crippen LogP contribution in [0.3, 0.4) is 0 Å². The third-order valence-corrected chi connectivity index (χ3v) is 7.87. The van der Waals surface area contributed by atoms with Gasteiger partial charge in [0.1, 0.15) is 0 Å². The lowest BCUT2D eigenvalue weighted by Gasteiger charge is -2.06. The third-order valence-electron chi connectivity index (χ3n) is 7.87. The van der Waals surface area contributed by atoms with E-state index in [9.17, 15) is 0 Å². The molecule has 0 atom stereocenters. The van der Waals surface area contributed by atoms with E-state index in [4.69, 9.17) is 37.9 Å². The van der Waals surface area contributed by atoms with Gasteiger partial charge in [-0.25, -0.2) is 0 Å². The fourth-order valence-electron chi connectivity index (χ4n) is 5.21. The summed E-state index contributed by atoms with van der Waals surface area (Å²) in [5.74, 6) is 0. The first-order chi connectivity index (χ1) is 21.5. The minimum absolute atomic E-state index is 0.829. The second kappa shape index (κ2) is 41.7. The van der Waals surface area contributed by atoms with Gasteiger partial charge in [0.25, 0.3) is 0 Å². The van der Waals surface area contributed by atoms with Crippen molar-refractivity contribution in [1.29, 1.82) is 0 Å². The van der Waals surface area contributed by atoms with E-state index in [1.165, 1.54) is 167 Å². The van der Waals surface area contributed by atoms with Gasteiger partial charge in [-0.05, 0) is 25.7 Å². The highest BCUT2D eigenvalue weighted by atomic mass is 32.3. The Morgan fingerprint density at radius 2 is 0.556 bits per heavy atom. The van der Waals surface area contributed by atoms with Gasteiger partial charge in [0, 0.05) is 10.4 Å². The number of hydrogen-bond acceptors (Lipinski definition) is 8. The molecule has 0 spiro atoms. The molecule has 0 unspecified atom stereocenters. The summed E-state index contributed by atoms with van der Waals surface area (Å²) in [4.78, 5) is 0. The topological polar surface area (TPSA) is 194 Å². The number of hydrogen-bond donors (Lipinski definition) is 6. The summed E-state index contributed by atoms with van der Waals surface area (Å²) in [7, 11) is -5.17. The smallest absolute Gasteiger partial charge is 0.300 e. The van der Waals surface area contributed by atoms with E-state index in [2.05, 4.69) is 13.8 Å². The Morgan fingerprint density at radius 1 is 0.400 bits per heavy atom. The number of nitrogens with two attached hydrogens (primary N) is 2. The molecule has 0 aliphatic carbocycles. The Morgan fingerprint density at radius 3 is 0.711 bits per heavy atom. The van der Waals surface area contributed by atoms with Crippen molar-refractivity contribution in [3.8, 4) is 0 Å². The highest BCUT2D eigenvalue weighted by Gasteiger charge is 2.00. The van der Waals surface area contributed by atoms with Crippen molar-refractivity contribution in [2.45, 2.75) is 206 Å². The molecule has 8 N–H and O–H groups in total. The predicted molar refractivity (Wildman–Crippen MR) is 181 cm³/mol. The Labute approximate surface area is 278 Å². The Hall–Kier alpha value is -0.370. The number of aliphatic hydroxyl groups excluding tert-OH is 2. The van der Waals surface area contributed by atoms with Crippen molar-refractivity contribution < 1.29 is 48.6 Å². The van der Waals surface area contributed by atoms with Gasteiger partial charge >= 0.3 is 12.8 Å². The normalized spacial score (nSPS) is 11.4. The second-order valence-electron chi connectivity index (χ2n) is 12.5. The van der Waals surface area contributed by atoms with Gasteiger partial charge in [-0.2, -0.15) is 0 Å². The molecule has 11 heteroatoms. The molecule has 0 saturated carbocycles. The molecule has 0 aromatic rings. The van der Waals surface area contributed by atoms with Gasteiger partial charge in [0.2, 0.25) is 0 Å². The van der Waals surface area contributed by atoms with Crippen LogP contribution < -0.4 is 10.6 Å². The quantitative estimate of drug-likeness (QED) is 0.0241. The van der Waals surface area contributed by atoms with Gasteiger partial charge in [0.05, 0.1) is 13.1 Å². The number of quaternary nitrogens is 2. The summed E-state index contributed by atoms with van der Waals surface area (Å²) >= 11 is 0. The summed E-state index contributed by atoms with van der Waals surface area (Å²) in [5, 5.41) is 37.8. The lowest BCUT2D eigenvalue weighted by atomic mass is 10.0. The fraction of sp³-hybridized carbons (Fsp3) is 1.00. The number of rotatable bonds is 32. The molecule has 45 heavy (non-hydrogen) atoms. The highest BCUT2D eigenvalue weighted by Crippen LogP contribution is 2.14. The average Bonchev–Trinajstić information content (AvgIpc) is 2.96. The van der Waals surface area contributed by atoms with Crippen molar-refractivity contribution in [2.75, 3.05) is 13.1 Å². The SMILES string of the molecule is CCCCCCCCCCCCCCCC[NH2+]C(O)O.CCCCCCCCCCCCCCCC[NH2+]C(O)O.O=S(=O)([O-])[O-]. The van der Waals surface area contributed by atoms with E-state index in [1.807, 2.05) is 0 Å². The van der Waals surface area contributed by atoms with Gasteiger partial charge < -0.3 is 29.5 Å². The minimum Gasteiger partial charge on any atom is -0.759 e. The number of unbranched alkanes of at least 4 members (excludes halogenated alkanes) is 26. The molecule has 0 aliphatic heterocycles. The molecule has 0 aliphatic rings. The van der Waals surface area contributed by atoms with Crippen LogP contribution in [0, 0.1) is 0 Å². The van der Waals surface area contributed by atoms with Crippen LogP contribution in [-0.4, -0.2) is 63.9 Å². The third kappa shape index (κ3) is 66.9. The molecular weight excluding hydrogens is 596 g/mol. The molecule has 276 valence electrons.